The maximum Gasteiger partial charge on any atom is 0.309 e. The van der Waals surface area contributed by atoms with Crippen molar-refractivity contribution < 1.29 is 24.2 Å². The molecule has 2 aliphatic carbocycles. The Hall–Kier alpha value is -1.62. The minimum Gasteiger partial charge on any atom is -0.469 e. The lowest BCUT2D eigenvalue weighted by atomic mass is 9.96. The number of aliphatic hydroxyl groups is 1. The molecule has 1 N–H and O–H groups in total. The molecule has 4 atom stereocenters. The molecule has 0 spiro atoms. The third kappa shape index (κ3) is 3.48. The van der Waals surface area contributed by atoms with Gasteiger partial charge in [0, 0.05) is 5.92 Å². The summed E-state index contributed by atoms with van der Waals surface area (Å²) >= 11 is 0. The summed E-state index contributed by atoms with van der Waals surface area (Å²) in [7, 11) is 1.29. The second-order valence-corrected chi connectivity index (χ2v) is 5.30. The third-order valence-electron chi connectivity index (χ3n) is 3.85. The van der Waals surface area contributed by atoms with Gasteiger partial charge in [-0.25, -0.2) is 0 Å². The average Bonchev–Trinajstić information content (AvgIpc) is 2.87. The highest BCUT2D eigenvalue weighted by Crippen LogP contribution is 2.34. The molecule has 0 bridgehead atoms. The molecular weight excluding hydrogens is 260 g/mol. The summed E-state index contributed by atoms with van der Waals surface area (Å²) < 4.78 is 9.97. The molecule has 0 radical (unpaired) electrons. The molecule has 2 rings (SSSR count). The molecule has 1 unspecified atom stereocenters. The standard InChI is InChI=1S/C15H20O5/c1-19-14(17)12-7-11(16)8-13(12)15(18)20-9-10-5-3-2-4-6-10/h2-5,10-13,16H,6-9H2,1H3/t10?,11-,12+,13+/m1/s1. The zero-order valence-corrected chi connectivity index (χ0v) is 11.5. The summed E-state index contributed by atoms with van der Waals surface area (Å²) in [6.45, 7) is 0.306. The maximum absolute atomic E-state index is 12.1. The van der Waals surface area contributed by atoms with Crippen molar-refractivity contribution in [3.05, 3.63) is 24.3 Å². The SMILES string of the molecule is COC(=O)[C@H]1C[C@@H](O)C[C@@H]1C(=O)OCC1C=CC=CC1. The first-order chi connectivity index (χ1) is 9.61. The Kier molecular flexibility index (Phi) is 4.95. The van der Waals surface area contributed by atoms with Crippen molar-refractivity contribution in [2.75, 3.05) is 13.7 Å². The second-order valence-electron chi connectivity index (χ2n) is 5.30. The number of carbonyl (C=O) groups excluding carboxylic acids is 2. The lowest BCUT2D eigenvalue weighted by molar-refractivity contribution is -0.158. The fourth-order valence-corrected chi connectivity index (χ4v) is 2.73. The smallest absolute Gasteiger partial charge is 0.309 e. The first kappa shape index (κ1) is 14.8. The van der Waals surface area contributed by atoms with Crippen LogP contribution in [0.2, 0.25) is 0 Å². The summed E-state index contributed by atoms with van der Waals surface area (Å²) in [5.41, 5.74) is 0. The van der Waals surface area contributed by atoms with Crippen LogP contribution in [0, 0.1) is 17.8 Å². The number of aliphatic hydroxyl groups excluding tert-OH is 1. The monoisotopic (exact) mass is 280 g/mol. The van der Waals surface area contributed by atoms with E-state index in [1.807, 2.05) is 24.3 Å². The predicted molar refractivity (Wildman–Crippen MR) is 71.6 cm³/mol. The van der Waals surface area contributed by atoms with Crippen molar-refractivity contribution in [3.8, 4) is 0 Å². The van der Waals surface area contributed by atoms with Gasteiger partial charge in [0.25, 0.3) is 0 Å². The first-order valence-electron chi connectivity index (χ1n) is 6.87. The molecule has 0 amide bonds. The van der Waals surface area contributed by atoms with Crippen molar-refractivity contribution in [1.29, 1.82) is 0 Å². The van der Waals surface area contributed by atoms with E-state index in [2.05, 4.69) is 4.74 Å². The van der Waals surface area contributed by atoms with Gasteiger partial charge in [-0.05, 0) is 19.3 Å². The highest BCUT2D eigenvalue weighted by atomic mass is 16.5. The van der Waals surface area contributed by atoms with E-state index in [0.717, 1.165) is 6.42 Å². The quantitative estimate of drug-likeness (QED) is 0.784. The van der Waals surface area contributed by atoms with Crippen molar-refractivity contribution in [2.24, 2.45) is 17.8 Å². The molecule has 1 fully saturated rings. The van der Waals surface area contributed by atoms with Crippen LogP contribution in [0.3, 0.4) is 0 Å². The maximum atomic E-state index is 12.1. The third-order valence-corrected chi connectivity index (χ3v) is 3.85. The van der Waals surface area contributed by atoms with Crippen LogP contribution in [-0.4, -0.2) is 36.9 Å². The molecule has 5 nitrogen and oxygen atoms in total. The van der Waals surface area contributed by atoms with Crippen LogP contribution in [-0.2, 0) is 19.1 Å². The van der Waals surface area contributed by atoms with Crippen molar-refractivity contribution in [3.63, 3.8) is 0 Å². The molecule has 20 heavy (non-hydrogen) atoms. The van der Waals surface area contributed by atoms with Gasteiger partial charge in [-0.3, -0.25) is 9.59 Å². The van der Waals surface area contributed by atoms with Crippen LogP contribution < -0.4 is 0 Å². The second kappa shape index (κ2) is 6.70. The van der Waals surface area contributed by atoms with Crippen molar-refractivity contribution >= 4 is 11.9 Å². The van der Waals surface area contributed by atoms with E-state index in [1.165, 1.54) is 7.11 Å². The van der Waals surface area contributed by atoms with Crippen LogP contribution in [0.5, 0.6) is 0 Å². The van der Waals surface area contributed by atoms with Gasteiger partial charge in [0.15, 0.2) is 0 Å². The van der Waals surface area contributed by atoms with E-state index in [-0.39, 0.29) is 18.8 Å². The Balaban J connectivity index is 1.88. The van der Waals surface area contributed by atoms with E-state index in [1.54, 1.807) is 0 Å². The van der Waals surface area contributed by atoms with Crippen LogP contribution >= 0.6 is 0 Å². The zero-order chi connectivity index (χ0) is 14.5. The van der Waals surface area contributed by atoms with Gasteiger partial charge in [-0.2, -0.15) is 0 Å². The molecule has 0 heterocycles. The van der Waals surface area contributed by atoms with E-state index in [0.29, 0.717) is 6.61 Å². The summed E-state index contributed by atoms with van der Waals surface area (Å²) in [5, 5.41) is 9.64. The number of ether oxygens (including phenoxy) is 2. The molecular formula is C15H20O5. The minimum absolute atomic E-state index is 0.187. The molecule has 1 saturated carbocycles. The Labute approximate surface area is 118 Å². The van der Waals surface area contributed by atoms with Crippen molar-refractivity contribution in [2.45, 2.75) is 25.4 Å². The van der Waals surface area contributed by atoms with Gasteiger partial charge < -0.3 is 14.6 Å². The van der Waals surface area contributed by atoms with Gasteiger partial charge in [0.2, 0.25) is 0 Å². The summed E-state index contributed by atoms with van der Waals surface area (Å²) in [6, 6.07) is 0. The van der Waals surface area contributed by atoms with Crippen LogP contribution in [0.15, 0.2) is 24.3 Å². The predicted octanol–water partition coefficient (Wildman–Crippen LogP) is 1.22. The molecule has 0 saturated heterocycles. The van der Waals surface area contributed by atoms with Crippen LogP contribution in [0.25, 0.3) is 0 Å². The first-order valence-corrected chi connectivity index (χ1v) is 6.87. The van der Waals surface area contributed by atoms with Gasteiger partial charge in [-0.1, -0.05) is 24.3 Å². The molecule has 0 aromatic heterocycles. The van der Waals surface area contributed by atoms with Crippen molar-refractivity contribution in [1.82, 2.24) is 0 Å². The Morgan fingerprint density at radius 2 is 1.90 bits per heavy atom. The lowest BCUT2D eigenvalue weighted by Gasteiger charge is -2.18. The molecule has 110 valence electrons. The zero-order valence-electron chi connectivity index (χ0n) is 11.5. The van der Waals surface area contributed by atoms with E-state index >= 15 is 0 Å². The number of hydrogen-bond donors (Lipinski definition) is 1. The number of esters is 2. The fourth-order valence-electron chi connectivity index (χ4n) is 2.73. The molecule has 5 heteroatoms. The van der Waals surface area contributed by atoms with Gasteiger partial charge in [0.05, 0.1) is 31.7 Å². The van der Waals surface area contributed by atoms with Crippen LogP contribution in [0.1, 0.15) is 19.3 Å². The molecule has 0 aromatic carbocycles. The number of carbonyl (C=O) groups is 2. The number of hydrogen-bond acceptors (Lipinski definition) is 5. The molecule has 0 aliphatic heterocycles. The highest BCUT2D eigenvalue weighted by Gasteiger charge is 2.43. The van der Waals surface area contributed by atoms with Gasteiger partial charge in [-0.15, -0.1) is 0 Å². The van der Waals surface area contributed by atoms with Gasteiger partial charge in [0.1, 0.15) is 0 Å². The highest BCUT2D eigenvalue weighted by molar-refractivity contribution is 5.82. The number of allylic oxidation sites excluding steroid dienone is 3. The van der Waals surface area contributed by atoms with E-state index in [4.69, 9.17) is 4.74 Å². The minimum atomic E-state index is -0.644. The molecule has 2 aliphatic rings. The Bertz CT molecular complexity index is 426. The van der Waals surface area contributed by atoms with Crippen LogP contribution in [0.4, 0.5) is 0 Å². The Morgan fingerprint density at radius 1 is 1.20 bits per heavy atom. The van der Waals surface area contributed by atoms with Gasteiger partial charge >= 0.3 is 11.9 Å². The number of methoxy groups -OCH3 is 1. The lowest BCUT2D eigenvalue weighted by Crippen LogP contribution is -2.29. The summed E-state index contributed by atoms with van der Waals surface area (Å²) in [6.07, 6.45) is 8.63. The average molecular weight is 280 g/mol. The van der Waals surface area contributed by atoms with E-state index < -0.39 is 29.9 Å². The normalized spacial score (nSPS) is 32.1. The Morgan fingerprint density at radius 3 is 2.50 bits per heavy atom. The topological polar surface area (TPSA) is 72.8 Å². The largest absolute Gasteiger partial charge is 0.469 e. The summed E-state index contributed by atoms with van der Waals surface area (Å²) in [4.78, 5) is 23.7. The fraction of sp³-hybridized carbons (Fsp3) is 0.600. The summed E-state index contributed by atoms with van der Waals surface area (Å²) in [5.74, 6) is -1.87. The van der Waals surface area contributed by atoms with E-state index in [9.17, 15) is 14.7 Å². The number of rotatable bonds is 4. The molecule has 0 aromatic rings.